The maximum atomic E-state index is 13.4. The van der Waals surface area contributed by atoms with Gasteiger partial charge in [-0.25, -0.2) is 4.79 Å². The highest BCUT2D eigenvalue weighted by atomic mass is 16.5. The monoisotopic (exact) mass is 596 g/mol. The number of hydrogen-bond acceptors (Lipinski definition) is 7. The molecule has 4 rings (SSSR count). The van der Waals surface area contributed by atoms with Crippen LogP contribution in [0.3, 0.4) is 0 Å². The Kier molecular flexibility index (Phi) is 11.3. The third kappa shape index (κ3) is 9.58. The van der Waals surface area contributed by atoms with Gasteiger partial charge < -0.3 is 15.4 Å². The number of nitrogens with zero attached hydrogens (tertiary/aromatic N) is 4. The summed E-state index contributed by atoms with van der Waals surface area (Å²) in [5.74, 6) is -0.0690. The lowest BCUT2D eigenvalue weighted by Gasteiger charge is -2.24. The van der Waals surface area contributed by atoms with Gasteiger partial charge in [-0.15, -0.1) is 10.2 Å². The average Bonchev–Trinajstić information content (AvgIpc) is 3.48. The second-order valence-electron chi connectivity index (χ2n) is 11.6. The lowest BCUT2D eigenvalue weighted by molar-refractivity contribution is -0.130. The number of ether oxygens (including phenoxy) is 1. The fourth-order valence-corrected chi connectivity index (χ4v) is 4.74. The standard InChI is InChI=1S/C34H40N6O4/c1-23(2)19-29(35-33(42)30(20-24(3)4)36-34(43)44-22-25-11-7-5-8-12-25)31(41)21-40-38-32(37-39-40)28-17-15-27(16-18-28)26-13-9-6-10-14-26/h5-18,23-24,29-30H,19-22H2,1-4H3,(H,35,42)(H,36,43)/t29-,30-/m0/s1. The number of benzene rings is 3. The van der Waals surface area contributed by atoms with Crippen molar-refractivity contribution in [1.82, 2.24) is 30.8 Å². The lowest BCUT2D eigenvalue weighted by atomic mass is 9.98. The Labute approximate surface area is 258 Å². The summed E-state index contributed by atoms with van der Waals surface area (Å²) in [4.78, 5) is 40.6. The van der Waals surface area contributed by atoms with Gasteiger partial charge >= 0.3 is 6.09 Å². The minimum atomic E-state index is -0.865. The van der Waals surface area contributed by atoms with Crippen molar-refractivity contribution in [3.63, 3.8) is 0 Å². The van der Waals surface area contributed by atoms with E-state index in [2.05, 4.69) is 26.0 Å². The first-order valence-corrected chi connectivity index (χ1v) is 14.9. The van der Waals surface area contributed by atoms with Crippen molar-refractivity contribution in [2.75, 3.05) is 0 Å². The predicted octanol–water partition coefficient (Wildman–Crippen LogP) is 5.45. The minimum absolute atomic E-state index is 0.0845. The molecule has 0 aliphatic carbocycles. The van der Waals surface area contributed by atoms with Crippen molar-refractivity contribution in [2.45, 2.75) is 65.8 Å². The number of amides is 2. The maximum absolute atomic E-state index is 13.4. The first-order chi connectivity index (χ1) is 21.2. The van der Waals surface area contributed by atoms with Crippen molar-refractivity contribution < 1.29 is 19.1 Å². The van der Waals surface area contributed by atoms with E-state index in [1.165, 1.54) is 4.80 Å². The van der Waals surface area contributed by atoms with E-state index in [0.717, 1.165) is 22.3 Å². The van der Waals surface area contributed by atoms with Crippen LogP contribution < -0.4 is 10.6 Å². The van der Waals surface area contributed by atoms with E-state index in [4.69, 9.17) is 4.74 Å². The van der Waals surface area contributed by atoms with E-state index >= 15 is 0 Å². The van der Waals surface area contributed by atoms with Crippen molar-refractivity contribution in [2.24, 2.45) is 11.8 Å². The van der Waals surface area contributed by atoms with Gasteiger partial charge in [0, 0.05) is 5.56 Å². The molecule has 10 heteroatoms. The van der Waals surface area contributed by atoms with Crippen LogP contribution >= 0.6 is 0 Å². The van der Waals surface area contributed by atoms with E-state index in [-0.39, 0.29) is 30.8 Å². The highest BCUT2D eigenvalue weighted by molar-refractivity contribution is 5.92. The molecule has 2 amide bonds. The number of carbonyl (C=O) groups excluding carboxylic acids is 3. The molecule has 2 N–H and O–H groups in total. The Morgan fingerprint density at radius 3 is 1.93 bits per heavy atom. The first kappa shape index (κ1) is 32.1. The zero-order valence-corrected chi connectivity index (χ0v) is 25.6. The Bertz CT molecular complexity index is 1500. The highest BCUT2D eigenvalue weighted by Crippen LogP contribution is 2.22. The molecule has 0 unspecified atom stereocenters. The molecule has 1 aromatic heterocycles. The second-order valence-corrected chi connectivity index (χ2v) is 11.6. The van der Waals surface area contributed by atoms with Gasteiger partial charge in [0.2, 0.25) is 11.7 Å². The zero-order chi connectivity index (χ0) is 31.5. The summed E-state index contributed by atoms with van der Waals surface area (Å²) in [5, 5.41) is 18.2. The second kappa shape index (κ2) is 15.6. The number of aromatic nitrogens is 4. The Hall–Kier alpha value is -4.86. The number of hydrogen-bond donors (Lipinski definition) is 2. The molecule has 10 nitrogen and oxygen atoms in total. The molecule has 230 valence electrons. The van der Waals surface area contributed by atoms with Gasteiger partial charge in [-0.2, -0.15) is 4.80 Å². The lowest BCUT2D eigenvalue weighted by Crippen LogP contribution is -2.52. The largest absolute Gasteiger partial charge is 0.445 e. The Morgan fingerprint density at radius 2 is 1.30 bits per heavy atom. The van der Waals surface area contributed by atoms with Crippen LogP contribution in [0.5, 0.6) is 0 Å². The summed E-state index contributed by atoms with van der Waals surface area (Å²) >= 11 is 0. The van der Waals surface area contributed by atoms with Crippen molar-refractivity contribution in [3.8, 4) is 22.5 Å². The number of Topliss-reactive ketones (excluding diaryl/α,β-unsaturated/α-hetero) is 1. The van der Waals surface area contributed by atoms with E-state index < -0.39 is 24.1 Å². The molecule has 0 bridgehead atoms. The molecule has 1 heterocycles. The molecule has 0 radical (unpaired) electrons. The van der Waals surface area contributed by atoms with Gasteiger partial charge in [-0.1, -0.05) is 113 Å². The molecule has 0 saturated heterocycles. The molecule has 0 saturated carbocycles. The van der Waals surface area contributed by atoms with Crippen LogP contribution in [0.15, 0.2) is 84.9 Å². The molecular formula is C34H40N6O4. The molecule has 2 atom stereocenters. The van der Waals surface area contributed by atoms with Crippen LogP contribution in [0, 0.1) is 11.8 Å². The summed E-state index contributed by atoms with van der Waals surface area (Å²) in [6.07, 6.45) is 0.101. The van der Waals surface area contributed by atoms with Gasteiger partial charge in [-0.05, 0) is 46.6 Å². The summed E-state index contributed by atoms with van der Waals surface area (Å²) in [5.41, 5.74) is 3.79. The first-order valence-electron chi connectivity index (χ1n) is 14.9. The van der Waals surface area contributed by atoms with E-state index in [9.17, 15) is 14.4 Å². The molecule has 0 fully saturated rings. The van der Waals surface area contributed by atoms with E-state index in [0.29, 0.717) is 18.7 Å². The molecule has 4 aromatic rings. The van der Waals surface area contributed by atoms with Gasteiger partial charge in [0.15, 0.2) is 5.78 Å². The number of rotatable bonds is 14. The SMILES string of the molecule is CC(C)C[C@H](NC(=O)[C@H](CC(C)C)NC(=O)OCc1ccccc1)C(=O)Cn1nnc(-c2ccc(-c3ccccc3)cc2)n1. The number of nitrogens with one attached hydrogen (secondary N) is 2. The Morgan fingerprint density at radius 1 is 0.727 bits per heavy atom. The number of alkyl carbamates (subject to hydrolysis) is 1. The fraction of sp³-hybridized carbons (Fsp3) is 0.353. The summed E-state index contributed by atoms with van der Waals surface area (Å²) in [6.45, 7) is 7.79. The van der Waals surface area contributed by atoms with Crippen molar-refractivity contribution >= 4 is 17.8 Å². The van der Waals surface area contributed by atoms with Gasteiger partial charge in [0.05, 0.1) is 6.04 Å². The average molecular weight is 597 g/mol. The topological polar surface area (TPSA) is 128 Å². The van der Waals surface area contributed by atoms with E-state index in [1.54, 1.807) is 0 Å². The van der Waals surface area contributed by atoms with Crippen LogP contribution in [0.1, 0.15) is 46.1 Å². The highest BCUT2D eigenvalue weighted by Gasteiger charge is 2.29. The summed E-state index contributed by atoms with van der Waals surface area (Å²) < 4.78 is 5.33. The third-order valence-corrected chi connectivity index (χ3v) is 6.94. The van der Waals surface area contributed by atoms with Crippen LogP contribution in [0.25, 0.3) is 22.5 Å². The zero-order valence-electron chi connectivity index (χ0n) is 25.6. The Balaban J connectivity index is 1.38. The van der Waals surface area contributed by atoms with Crippen LogP contribution in [0.4, 0.5) is 4.79 Å². The number of ketones is 1. The quantitative estimate of drug-likeness (QED) is 0.198. The fourth-order valence-electron chi connectivity index (χ4n) is 4.74. The number of tetrazole rings is 1. The van der Waals surface area contributed by atoms with Gasteiger partial charge in [0.25, 0.3) is 0 Å². The van der Waals surface area contributed by atoms with Crippen LogP contribution in [-0.2, 0) is 27.5 Å². The minimum Gasteiger partial charge on any atom is -0.445 e. The summed E-state index contributed by atoms with van der Waals surface area (Å²) in [6, 6.07) is 25.5. The molecule has 44 heavy (non-hydrogen) atoms. The normalized spacial score (nSPS) is 12.5. The molecule has 0 aliphatic heterocycles. The van der Waals surface area contributed by atoms with Crippen LogP contribution in [-0.4, -0.2) is 50.1 Å². The van der Waals surface area contributed by atoms with Gasteiger partial charge in [0.1, 0.15) is 19.2 Å². The molecule has 3 aromatic carbocycles. The number of carbonyl (C=O) groups is 3. The predicted molar refractivity (Wildman–Crippen MR) is 168 cm³/mol. The smallest absolute Gasteiger partial charge is 0.408 e. The molecular weight excluding hydrogens is 556 g/mol. The van der Waals surface area contributed by atoms with E-state index in [1.807, 2.05) is 113 Å². The molecule has 0 aliphatic rings. The van der Waals surface area contributed by atoms with Gasteiger partial charge in [-0.3, -0.25) is 9.59 Å². The molecule has 0 spiro atoms. The van der Waals surface area contributed by atoms with Crippen molar-refractivity contribution in [1.29, 1.82) is 0 Å². The third-order valence-electron chi connectivity index (χ3n) is 6.94. The van der Waals surface area contributed by atoms with Crippen LogP contribution in [0.2, 0.25) is 0 Å². The summed E-state index contributed by atoms with van der Waals surface area (Å²) in [7, 11) is 0. The van der Waals surface area contributed by atoms with Crippen molar-refractivity contribution in [3.05, 3.63) is 90.5 Å². The maximum Gasteiger partial charge on any atom is 0.408 e.